The molecule has 1 aliphatic heterocycles. The summed E-state index contributed by atoms with van der Waals surface area (Å²) in [5, 5.41) is 0. The van der Waals surface area contributed by atoms with Gasteiger partial charge in [0.25, 0.3) is 5.91 Å². The van der Waals surface area contributed by atoms with Gasteiger partial charge in [0.2, 0.25) is 0 Å². The molecule has 1 heterocycles. The van der Waals surface area contributed by atoms with Gasteiger partial charge >= 0.3 is 0 Å². The van der Waals surface area contributed by atoms with Gasteiger partial charge in [-0.15, -0.1) is 0 Å². The molecule has 0 radical (unpaired) electrons. The quantitative estimate of drug-likeness (QED) is 0.217. The normalized spacial score (nSPS) is 14.6. The van der Waals surface area contributed by atoms with Crippen LogP contribution in [0.2, 0.25) is 0 Å². The zero-order chi connectivity index (χ0) is 23.9. The van der Waals surface area contributed by atoms with Gasteiger partial charge in [0.05, 0.1) is 12.3 Å². The fraction of sp³-hybridized carbons (Fsp3) is 0.241. The molecule has 0 atom stereocenters. The number of carbonyl (C=O) groups excluding carboxylic acids is 1. The Hall–Kier alpha value is -3.18. The van der Waals surface area contributed by atoms with E-state index in [2.05, 4.69) is 22.9 Å². The van der Waals surface area contributed by atoms with Crippen LogP contribution in [0.4, 0.5) is 5.69 Å². The minimum atomic E-state index is -0.147. The Labute approximate surface area is 210 Å². The van der Waals surface area contributed by atoms with Gasteiger partial charge in [-0.1, -0.05) is 84.1 Å². The van der Waals surface area contributed by atoms with Gasteiger partial charge in [0.1, 0.15) is 17.3 Å². The molecule has 0 unspecified atom stereocenters. The highest BCUT2D eigenvalue weighted by Crippen LogP contribution is 2.29. The number of anilines is 1. The van der Waals surface area contributed by atoms with E-state index in [0.29, 0.717) is 18.1 Å². The van der Waals surface area contributed by atoms with Crippen molar-refractivity contribution in [2.75, 3.05) is 11.5 Å². The zero-order valence-electron chi connectivity index (χ0n) is 19.6. The molecule has 174 valence electrons. The summed E-state index contributed by atoms with van der Waals surface area (Å²) in [5.41, 5.74) is 4.16. The number of unbranched alkanes of at least 4 members (excludes halogenated alkanes) is 3. The molecule has 3 aromatic rings. The third-order valence-electron chi connectivity index (χ3n) is 5.71. The molecular weight excluding hydrogens is 488 g/mol. The SMILES string of the molecule is CCCCCCOc1ccc(N2C(=O)/C(=C/c3ccc(Br)cc3)N=C2c2ccc(C)cc2)cc1. The maximum atomic E-state index is 13.5. The van der Waals surface area contributed by atoms with Gasteiger partial charge in [-0.3, -0.25) is 9.69 Å². The first-order chi connectivity index (χ1) is 16.5. The Kier molecular flexibility index (Phi) is 7.96. The number of amides is 1. The number of halogens is 1. The van der Waals surface area contributed by atoms with E-state index in [0.717, 1.165) is 39.0 Å². The van der Waals surface area contributed by atoms with Crippen LogP contribution in [0.25, 0.3) is 6.08 Å². The highest BCUT2D eigenvalue weighted by atomic mass is 79.9. The van der Waals surface area contributed by atoms with Gasteiger partial charge in [-0.05, 0) is 61.4 Å². The highest BCUT2D eigenvalue weighted by Gasteiger charge is 2.32. The van der Waals surface area contributed by atoms with Crippen LogP contribution in [0, 0.1) is 6.92 Å². The molecule has 0 saturated heterocycles. The lowest BCUT2D eigenvalue weighted by Gasteiger charge is -2.19. The second-order valence-corrected chi connectivity index (χ2v) is 9.34. The Bertz CT molecular complexity index is 1180. The number of benzene rings is 3. The predicted octanol–water partition coefficient (Wildman–Crippen LogP) is 7.55. The number of aryl methyl sites for hydroxylation is 1. The Morgan fingerprint density at radius 2 is 1.62 bits per heavy atom. The molecule has 0 saturated carbocycles. The summed E-state index contributed by atoms with van der Waals surface area (Å²) in [5.74, 6) is 1.29. The van der Waals surface area contributed by atoms with E-state index in [1.807, 2.05) is 85.8 Å². The Balaban J connectivity index is 1.60. The number of amidine groups is 1. The average Bonchev–Trinajstić information content (AvgIpc) is 3.17. The first-order valence-electron chi connectivity index (χ1n) is 11.8. The number of ether oxygens (including phenoxy) is 1. The molecule has 1 aliphatic rings. The van der Waals surface area contributed by atoms with E-state index in [1.54, 1.807) is 4.90 Å². The molecule has 4 rings (SSSR count). The molecule has 0 spiro atoms. The summed E-state index contributed by atoms with van der Waals surface area (Å²) in [4.78, 5) is 19.9. The lowest BCUT2D eigenvalue weighted by atomic mass is 10.1. The number of nitrogens with zero attached hydrogens (tertiary/aromatic N) is 2. The number of carbonyl (C=O) groups is 1. The molecule has 3 aromatic carbocycles. The fourth-order valence-corrected chi connectivity index (χ4v) is 4.04. The van der Waals surface area contributed by atoms with Crippen molar-refractivity contribution < 1.29 is 9.53 Å². The van der Waals surface area contributed by atoms with Crippen LogP contribution in [0.3, 0.4) is 0 Å². The van der Waals surface area contributed by atoms with Crippen LogP contribution in [0.1, 0.15) is 49.3 Å². The third-order valence-corrected chi connectivity index (χ3v) is 6.23. The standard InChI is InChI=1S/C29H29BrN2O2/c1-3-4-5-6-19-34-26-17-15-25(16-18-26)32-28(23-11-7-21(2)8-12-23)31-27(29(32)33)20-22-9-13-24(30)14-10-22/h7-18,20H,3-6,19H2,1-2H3/b27-20-. The summed E-state index contributed by atoms with van der Waals surface area (Å²) in [6.07, 6.45) is 6.50. The van der Waals surface area contributed by atoms with E-state index in [4.69, 9.17) is 9.73 Å². The van der Waals surface area contributed by atoms with Gasteiger partial charge in [-0.25, -0.2) is 4.99 Å². The van der Waals surface area contributed by atoms with E-state index in [-0.39, 0.29) is 5.91 Å². The third kappa shape index (κ3) is 5.84. The molecule has 34 heavy (non-hydrogen) atoms. The molecular formula is C29H29BrN2O2. The summed E-state index contributed by atoms with van der Waals surface area (Å²) in [6.45, 7) is 4.95. The minimum absolute atomic E-state index is 0.147. The van der Waals surface area contributed by atoms with Crippen LogP contribution < -0.4 is 9.64 Å². The molecule has 4 nitrogen and oxygen atoms in total. The van der Waals surface area contributed by atoms with E-state index in [1.165, 1.54) is 19.3 Å². The smallest absolute Gasteiger partial charge is 0.282 e. The summed E-state index contributed by atoms with van der Waals surface area (Å²) in [7, 11) is 0. The largest absolute Gasteiger partial charge is 0.494 e. The van der Waals surface area contributed by atoms with Crippen molar-refractivity contribution in [1.82, 2.24) is 0 Å². The Morgan fingerprint density at radius 3 is 2.29 bits per heavy atom. The Morgan fingerprint density at radius 1 is 0.912 bits per heavy atom. The topological polar surface area (TPSA) is 41.9 Å². The van der Waals surface area contributed by atoms with Crippen molar-refractivity contribution in [2.24, 2.45) is 4.99 Å². The van der Waals surface area contributed by atoms with Crippen molar-refractivity contribution in [3.63, 3.8) is 0 Å². The predicted molar refractivity (Wildman–Crippen MR) is 143 cm³/mol. The zero-order valence-corrected chi connectivity index (χ0v) is 21.2. The minimum Gasteiger partial charge on any atom is -0.494 e. The van der Waals surface area contributed by atoms with E-state index >= 15 is 0 Å². The van der Waals surface area contributed by atoms with Crippen LogP contribution in [-0.4, -0.2) is 18.3 Å². The van der Waals surface area contributed by atoms with Gasteiger partial charge in [0.15, 0.2) is 0 Å². The molecule has 0 fully saturated rings. The second-order valence-electron chi connectivity index (χ2n) is 8.43. The van der Waals surface area contributed by atoms with Crippen LogP contribution >= 0.6 is 15.9 Å². The van der Waals surface area contributed by atoms with Crippen molar-refractivity contribution in [3.05, 3.63) is 99.7 Å². The van der Waals surface area contributed by atoms with Crippen LogP contribution in [-0.2, 0) is 4.79 Å². The van der Waals surface area contributed by atoms with Crippen LogP contribution in [0.5, 0.6) is 5.75 Å². The first-order valence-corrected chi connectivity index (χ1v) is 12.5. The maximum absolute atomic E-state index is 13.5. The monoisotopic (exact) mass is 516 g/mol. The van der Waals surface area contributed by atoms with Gasteiger partial charge in [-0.2, -0.15) is 0 Å². The average molecular weight is 517 g/mol. The second kappa shape index (κ2) is 11.3. The molecule has 0 bridgehead atoms. The van der Waals surface area contributed by atoms with Crippen molar-refractivity contribution in [1.29, 1.82) is 0 Å². The molecule has 0 aromatic heterocycles. The molecule has 1 amide bonds. The molecule has 0 aliphatic carbocycles. The van der Waals surface area contributed by atoms with Crippen molar-refractivity contribution >= 4 is 39.4 Å². The molecule has 5 heteroatoms. The summed E-state index contributed by atoms with van der Waals surface area (Å²) < 4.78 is 6.87. The lowest BCUT2D eigenvalue weighted by molar-refractivity contribution is -0.113. The molecule has 0 N–H and O–H groups in total. The van der Waals surface area contributed by atoms with Crippen molar-refractivity contribution in [2.45, 2.75) is 39.5 Å². The van der Waals surface area contributed by atoms with Crippen molar-refractivity contribution in [3.8, 4) is 5.75 Å². The maximum Gasteiger partial charge on any atom is 0.282 e. The number of hydrogen-bond acceptors (Lipinski definition) is 3. The number of hydrogen-bond donors (Lipinski definition) is 0. The lowest BCUT2D eigenvalue weighted by Crippen LogP contribution is -2.32. The van der Waals surface area contributed by atoms with Gasteiger partial charge < -0.3 is 4.74 Å². The number of aliphatic imine (C=N–C) groups is 1. The highest BCUT2D eigenvalue weighted by molar-refractivity contribution is 9.10. The van der Waals surface area contributed by atoms with E-state index < -0.39 is 0 Å². The first kappa shape index (κ1) is 24.0. The van der Waals surface area contributed by atoms with Crippen LogP contribution in [0.15, 0.2) is 88.0 Å². The van der Waals surface area contributed by atoms with Gasteiger partial charge in [0, 0.05) is 10.0 Å². The summed E-state index contributed by atoms with van der Waals surface area (Å²) in [6, 6.07) is 23.6. The van der Waals surface area contributed by atoms with E-state index in [9.17, 15) is 4.79 Å². The summed E-state index contributed by atoms with van der Waals surface area (Å²) >= 11 is 3.45. The fourth-order valence-electron chi connectivity index (χ4n) is 3.78. The number of rotatable bonds is 9.